The van der Waals surface area contributed by atoms with Gasteiger partial charge in [0.05, 0.1) is 16.0 Å². The maximum Gasteiger partial charge on any atom is 0.265 e. The van der Waals surface area contributed by atoms with Crippen molar-refractivity contribution in [2.45, 2.75) is 26.3 Å². The SMILES string of the molecule is CC(C)c1nnsc1C(=O)NCc1ccc(Br)s1. The quantitative estimate of drug-likeness (QED) is 0.923. The van der Waals surface area contributed by atoms with Crippen molar-refractivity contribution < 1.29 is 4.79 Å². The number of hydrogen-bond donors (Lipinski definition) is 1. The molecule has 0 radical (unpaired) electrons. The summed E-state index contributed by atoms with van der Waals surface area (Å²) >= 11 is 6.16. The van der Waals surface area contributed by atoms with E-state index >= 15 is 0 Å². The van der Waals surface area contributed by atoms with Gasteiger partial charge in [0, 0.05) is 4.88 Å². The first-order valence-corrected chi connectivity index (χ1v) is 7.81. The number of amides is 1. The van der Waals surface area contributed by atoms with E-state index in [4.69, 9.17) is 0 Å². The molecule has 0 bridgehead atoms. The van der Waals surface area contributed by atoms with E-state index in [9.17, 15) is 4.79 Å². The molecule has 2 aromatic heterocycles. The van der Waals surface area contributed by atoms with E-state index in [0.29, 0.717) is 11.4 Å². The summed E-state index contributed by atoms with van der Waals surface area (Å²) in [6.07, 6.45) is 0. The number of aromatic nitrogens is 2. The summed E-state index contributed by atoms with van der Waals surface area (Å²) in [7, 11) is 0. The van der Waals surface area contributed by atoms with Crippen LogP contribution in [0.4, 0.5) is 0 Å². The van der Waals surface area contributed by atoms with E-state index in [1.54, 1.807) is 11.3 Å². The molecular weight excluding hydrogens is 334 g/mol. The first-order valence-electron chi connectivity index (χ1n) is 5.42. The molecule has 7 heteroatoms. The summed E-state index contributed by atoms with van der Waals surface area (Å²) in [5.74, 6) is 0.110. The Labute approximate surface area is 122 Å². The highest BCUT2D eigenvalue weighted by Crippen LogP contribution is 2.23. The second-order valence-corrected chi connectivity index (χ2v) is 7.33. The summed E-state index contributed by atoms with van der Waals surface area (Å²) in [5, 5.41) is 6.89. The summed E-state index contributed by atoms with van der Waals surface area (Å²) in [6, 6.07) is 3.96. The summed E-state index contributed by atoms with van der Waals surface area (Å²) in [4.78, 5) is 13.7. The number of halogens is 1. The monoisotopic (exact) mass is 345 g/mol. The molecule has 0 aliphatic carbocycles. The van der Waals surface area contributed by atoms with Gasteiger partial charge in [0.15, 0.2) is 0 Å². The zero-order chi connectivity index (χ0) is 13.1. The third-order valence-electron chi connectivity index (χ3n) is 2.32. The molecule has 1 N–H and O–H groups in total. The Balaban J connectivity index is 2.01. The normalized spacial score (nSPS) is 10.9. The van der Waals surface area contributed by atoms with Gasteiger partial charge in [-0.3, -0.25) is 4.79 Å². The van der Waals surface area contributed by atoms with Crippen molar-refractivity contribution >= 4 is 44.7 Å². The number of hydrogen-bond acceptors (Lipinski definition) is 5. The minimum Gasteiger partial charge on any atom is -0.346 e. The molecule has 0 fully saturated rings. The molecule has 4 nitrogen and oxygen atoms in total. The fraction of sp³-hybridized carbons (Fsp3) is 0.364. The molecular formula is C11H12BrN3OS2. The second kappa shape index (κ2) is 5.90. The van der Waals surface area contributed by atoms with Crippen molar-refractivity contribution in [2.75, 3.05) is 0 Å². The van der Waals surface area contributed by atoms with Gasteiger partial charge in [-0.25, -0.2) is 0 Å². The largest absolute Gasteiger partial charge is 0.346 e. The fourth-order valence-electron chi connectivity index (χ4n) is 1.43. The summed E-state index contributed by atoms with van der Waals surface area (Å²) in [5.41, 5.74) is 0.768. The number of nitrogens with zero attached hydrogens (tertiary/aromatic N) is 2. The Kier molecular flexibility index (Phi) is 4.47. The predicted octanol–water partition coefficient (Wildman–Crippen LogP) is 3.42. The van der Waals surface area contributed by atoms with Crippen LogP contribution in [0.2, 0.25) is 0 Å². The van der Waals surface area contributed by atoms with Crippen LogP contribution in [0.1, 0.15) is 40.0 Å². The molecule has 0 unspecified atom stereocenters. The van der Waals surface area contributed by atoms with E-state index in [1.807, 2.05) is 26.0 Å². The van der Waals surface area contributed by atoms with E-state index in [1.165, 1.54) is 0 Å². The zero-order valence-corrected chi connectivity index (χ0v) is 13.2. The Bertz CT molecular complexity index is 550. The molecule has 96 valence electrons. The van der Waals surface area contributed by atoms with Gasteiger partial charge in [0.1, 0.15) is 4.88 Å². The van der Waals surface area contributed by atoms with E-state index in [-0.39, 0.29) is 11.8 Å². The fourth-order valence-corrected chi connectivity index (χ4v) is 3.59. The molecule has 0 saturated heterocycles. The molecule has 2 rings (SSSR count). The van der Waals surface area contributed by atoms with Crippen molar-refractivity contribution in [3.63, 3.8) is 0 Å². The van der Waals surface area contributed by atoms with Crippen molar-refractivity contribution in [1.82, 2.24) is 14.9 Å². The third-order valence-corrected chi connectivity index (χ3v) is 4.68. The van der Waals surface area contributed by atoms with Crippen LogP contribution in [-0.2, 0) is 6.54 Å². The maximum absolute atomic E-state index is 12.0. The highest BCUT2D eigenvalue weighted by molar-refractivity contribution is 9.11. The Morgan fingerprint density at radius 3 is 2.89 bits per heavy atom. The molecule has 1 amide bonds. The lowest BCUT2D eigenvalue weighted by Gasteiger charge is -2.04. The standard InChI is InChI=1S/C11H12BrN3OS2/c1-6(2)9-10(18-15-14-9)11(16)13-5-7-3-4-8(12)17-7/h3-4,6H,5H2,1-2H3,(H,13,16). The van der Waals surface area contributed by atoms with Gasteiger partial charge in [0.2, 0.25) is 0 Å². The van der Waals surface area contributed by atoms with Crippen LogP contribution < -0.4 is 5.32 Å². The summed E-state index contributed by atoms with van der Waals surface area (Å²) in [6.45, 7) is 4.54. The number of carbonyl (C=O) groups is 1. The lowest BCUT2D eigenvalue weighted by Crippen LogP contribution is -2.22. The minimum absolute atomic E-state index is 0.0989. The highest BCUT2D eigenvalue weighted by Gasteiger charge is 2.18. The first kappa shape index (κ1) is 13.6. The lowest BCUT2D eigenvalue weighted by atomic mass is 10.1. The van der Waals surface area contributed by atoms with Gasteiger partial charge in [-0.1, -0.05) is 18.3 Å². The maximum atomic E-state index is 12.0. The van der Waals surface area contributed by atoms with Crippen LogP contribution >= 0.6 is 38.8 Å². The van der Waals surface area contributed by atoms with Crippen LogP contribution in [0, 0.1) is 0 Å². The molecule has 2 aromatic rings. The van der Waals surface area contributed by atoms with E-state index in [2.05, 4.69) is 30.8 Å². The molecule has 0 aliphatic heterocycles. The number of carbonyl (C=O) groups excluding carboxylic acids is 1. The number of rotatable bonds is 4. The topological polar surface area (TPSA) is 54.9 Å². The zero-order valence-electron chi connectivity index (χ0n) is 9.94. The Morgan fingerprint density at radius 2 is 2.28 bits per heavy atom. The Hall–Kier alpha value is -0.790. The average molecular weight is 346 g/mol. The summed E-state index contributed by atoms with van der Waals surface area (Å²) < 4.78 is 4.91. The van der Waals surface area contributed by atoms with E-state index < -0.39 is 0 Å². The van der Waals surface area contributed by atoms with Gasteiger partial charge in [0.25, 0.3) is 5.91 Å². The van der Waals surface area contributed by atoms with Gasteiger partial charge in [-0.15, -0.1) is 16.4 Å². The van der Waals surface area contributed by atoms with Crippen LogP contribution in [-0.4, -0.2) is 15.5 Å². The van der Waals surface area contributed by atoms with Crippen molar-refractivity contribution in [3.8, 4) is 0 Å². The van der Waals surface area contributed by atoms with Gasteiger partial charge < -0.3 is 5.32 Å². The molecule has 0 saturated carbocycles. The lowest BCUT2D eigenvalue weighted by molar-refractivity contribution is 0.0954. The van der Waals surface area contributed by atoms with Crippen LogP contribution in [0.5, 0.6) is 0 Å². The van der Waals surface area contributed by atoms with Gasteiger partial charge >= 0.3 is 0 Å². The molecule has 0 atom stereocenters. The third kappa shape index (κ3) is 3.15. The molecule has 0 aliphatic rings. The molecule has 0 spiro atoms. The van der Waals surface area contributed by atoms with Crippen LogP contribution in [0.25, 0.3) is 0 Å². The van der Waals surface area contributed by atoms with Gasteiger partial charge in [-0.2, -0.15) is 0 Å². The molecule has 2 heterocycles. The number of nitrogens with one attached hydrogen (secondary N) is 1. The van der Waals surface area contributed by atoms with Crippen molar-refractivity contribution in [2.24, 2.45) is 0 Å². The Morgan fingerprint density at radius 1 is 1.50 bits per heavy atom. The van der Waals surface area contributed by atoms with Crippen molar-refractivity contribution in [3.05, 3.63) is 31.4 Å². The van der Waals surface area contributed by atoms with Crippen molar-refractivity contribution in [1.29, 1.82) is 0 Å². The molecule has 18 heavy (non-hydrogen) atoms. The predicted molar refractivity (Wildman–Crippen MR) is 77.2 cm³/mol. The minimum atomic E-state index is -0.0989. The second-order valence-electron chi connectivity index (χ2n) is 4.03. The highest BCUT2D eigenvalue weighted by atomic mass is 79.9. The molecule has 0 aromatic carbocycles. The van der Waals surface area contributed by atoms with E-state index in [0.717, 1.165) is 25.9 Å². The van der Waals surface area contributed by atoms with Crippen LogP contribution in [0.3, 0.4) is 0 Å². The first-order chi connectivity index (χ1) is 8.58. The number of thiophene rings is 1. The van der Waals surface area contributed by atoms with Crippen LogP contribution in [0.15, 0.2) is 15.9 Å². The smallest absolute Gasteiger partial charge is 0.265 e. The van der Waals surface area contributed by atoms with Gasteiger partial charge in [-0.05, 0) is 45.5 Å². The average Bonchev–Trinajstić information content (AvgIpc) is 2.94.